The Bertz CT molecular complexity index is 540. The summed E-state index contributed by atoms with van der Waals surface area (Å²) in [6, 6.07) is 10.0. The smallest absolute Gasteiger partial charge is 0.126 e. The van der Waals surface area contributed by atoms with E-state index >= 15 is 0 Å². The van der Waals surface area contributed by atoms with Crippen LogP contribution in [0.15, 0.2) is 47.0 Å². The fraction of sp³-hybridized carbons (Fsp3) is 0.154. The van der Waals surface area contributed by atoms with Gasteiger partial charge in [0.05, 0.1) is 12.1 Å². The van der Waals surface area contributed by atoms with Crippen LogP contribution in [0.1, 0.15) is 0 Å². The average Bonchev–Trinajstić information content (AvgIpc) is 2.34. The van der Waals surface area contributed by atoms with Crippen LogP contribution in [0.5, 0.6) is 0 Å². The van der Waals surface area contributed by atoms with Crippen molar-refractivity contribution in [3.63, 3.8) is 0 Å². The van der Waals surface area contributed by atoms with Crippen molar-refractivity contribution >= 4 is 32.7 Å². The molecule has 0 spiro atoms. The Hall–Kier alpha value is -1.39. The Labute approximate surface area is 108 Å². The molecule has 2 N–H and O–H groups in total. The van der Waals surface area contributed by atoms with E-state index in [9.17, 15) is 0 Å². The topological polar surface area (TPSA) is 45.1 Å². The molecule has 0 amide bonds. The van der Waals surface area contributed by atoms with Crippen LogP contribution in [0, 0.1) is 0 Å². The fourth-order valence-electron chi connectivity index (χ4n) is 1.51. The molecule has 2 aromatic rings. The summed E-state index contributed by atoms with van der Waals surface area (Å²) in [6.07, 6.45) is 3.57. The summed E-state index contributed by atoms with van der Waals surface area (Å²) in [5, 5.41) is 12.9. The molecule has 0 bridgehead atoms. The first-order valence-electron chi connectivity index (χ1n) is 5.35. The van der Waals surface area contributed by atoms with Gasteiger partial charge >= 0.3 is 0 Å². The number of benzene rings is 1. The van der Waals surface area contributed by atoms with E-state index in [4.69, 9.17) is 5.11 Å². The van der Waals surface area contributed by atoms with Crippen molar-refractivity contribution in [3.05, 3.63) is 47.0 Å². The summed E-state index contributed by atoms with van der Waals surface area (Å²) < 4.78 is 1.02. The zero-order chi connectivity index (χ0) is 12.1. The molecule has 0 aliphatic heterocycles. The van der Waals surface area contributed by atoms with Crippen LogP contribution in [-0.2, 0) is 0 Å². The summed E-state index contributed by atoms with van der Waals surface area (Å²) in [5.41, 5.74) is 0.954. The van der Waals surface area contributed by atoms with E-state index in [-0.39, 0.29) is 6.61 Å². The van der Waals surface area contributed by atoms with Crippen LogP contribution >= 0.6 is 15.9 Å². The van der Waals surface area contributed by atoms with E-state index < -0.39 is 0 Å². The van der Waals surface area contributed by atoms with E-state index in [0.717, 1.165) is 21.2 Å². The molecule has 1 aromatic heterocycles. The van der Waals surface area contributed by atoms with Gasteiger partial charge in [-0.2, -0.15) is 0 Å². The van der Waals surface area contributed by atoms with Crippen molar-refractivity contribution in [2.45, 2.75) is 0 Å². The molecule has 0 aliphatic carbocycles. The highest BCUT2D eigenvalue weighted by molar-refractivity contribution is 9.10. The summed E-state index contributed by atoms with van der Waals surface area (Å²) in [6.45, 7) is 0.729. The van der Waals surface area contributed by atoms with Crippen LogP contribution in [0.2, 0.25) is 0 Å². The van der Waals surface area contributed by atoms with Crippen LogP contribution in [0.4, 0.5) is 5.82 Å². The molecule has 1 heterocycles. The van der Waals surface area contributed by atoms with Crippen molar-refractivity contribution in [2.75, 3.05) is 18.5 Å². The Morgan fingerprint density at radius 2 is 2.06 bits per heavy atom. The number of pyridine rings is 1. The zero-order valence-electron chi connectivity index (χ0n) is 9.23. The van der Waals surface area contributed by atoms with Gasteiger partial charge in [0.25, 0.3) is 0 Å². The van der Waals surface area contributed by atoms with Crippen molar-refractivity contribution in [1.29, 1.82) is 0 Å². The molecular weight excluding hydrogens is 280 g/mol. The van der Waals surface area contributed by atoms with Crippen molar-refractivity contribution in [2.24, 2.45) is 0 Å². The Balaban J connectivity index is 2.16. The van der Waals surface area contributed by atoms with Crippen LogP contribution in [0.3, 0.4) is 0 Å². The lowest BCUT2D eigenvalue weighted by Gasteiger charge is -2.04. The molecule has 1 aromatic carbocycles. The SMILES string of the molecule is OC/C=C/CNc1ccc2ccc(Br)cc2n1. The molecule has 0 saturated carbocycles. The number of aromatic nitrogens is 1. The first-order chi connectivity index (χ1) is 8.29. The highest BCUT2D eigenvalue weighted by Gasteiger charge is 1.97. The lowest BCUT2D eigenvalue weighted by molar-refractivity contribution is 0.342. The minimum Gasteiger partial charge on any atom is -0.392 e. The van der Waals surface area contributed by atoms with Gasteiger partial charge in [-0.15, -0.1) is 0 Å². The third-order valence-corrected chi connectivity index (χ3v) is 2.82. The molecule has 17 heavy (non-hydrogen) atoms. The van der Waals surface area contributed by atoms with Crippen molar-refractivity contribution in [1.82, 2.24) is 4.98 Å². The fourth-order valence-corrected chi connectivity index (χ4v) is 1.86. The van der Waals surface area contributed by atoms with Gasteiger partial charge in [-0.3, -0.25) is 0 Å². The molecule has 0 radical (unpaired) electrons. The third-order valence-electron chi connectivity index (χ3n) is 2.33. The second kappa shape index (κ2) is 5.80. The molecule has 3 nitrogen and oxygen atoms in total. The van der Waals surface area contributed by atoms with E-state index in [1.165, 1.54) is 0 Å². The number of nitrogens with one attached hydrogen (secondary N) is 1. The van der Waals surface area contributed by atoms with Crippen molar-refractivity contribution < 1.29 is 5.11 Å². The number of anilines is 1. The minimum absolute atomic E-state index is 0.0692. The Kier molecular flexibility index (Phi) is 4.12. The molecule has 0 aliphatic rings. The minimum atomic E-state index is 0.0692. The van der Waals surface area contributed by atoms with Gasteiger partial charge < -0.3 is 10.4 Å². The second-order valence-electron chi connectivity index (χ2n) is 3.57. The van der Waals surface area contributed by atoms with Gasteiger partial charge in [0.2, 0.25) is 0 Å². The Morgan fingerprint density at radius 1 is 1.24 bits per heavy atom. The van der Waals surface area contributed by atoms with Gasteiger partial charge in [0, 0.05) is 16.4 Å². The summed E-state index contributed by atoms with van der Waals surface area (Å²) in [7, 11) is 0. The molecular formula is C13H13BrN2O. The molecule has 0 unspecified atom stereocenters. The number of hydrogen-bond acceptors (Lipinski definition) is 3. The van der Waals surface area contributed by atoms with E-state index in [1.807, 2.05) is 36.4 Å². The molecule has 88 valence electrons. The normalized spacial score (nSPS) is 11.2. The largest absolute Gasteiger partial charge is 0.392 e. The third kappa shape index (κ3) is 3.28. The monoisotopic (exact) mass is 292 g/mol. The summed E-state index contributed by atoms with van der Waals surface area (Å²) in [4.78, 5) is 4.50. The van der Waals surface area contributed by atoms with Gasteiger partial charge in [-0.05, 0) is 24.3 Å². The summed E-state index contributed by atoms with van der Waals surface area (Å²) in [5.74, 6) is 0.832. The first-order valence-corrected chi connectivity index (χ1v) is 6.15. The predicted molar refractivity (Wildman–Crippen MR) is 74.2 cm³/mol. The lowest BCUT2D eigenvalue weighted by atomic mass is 10.2. The van der Waals surface area contributed by atoms with Crippen LogP contribution < -0.4 is 5.32 Å². The van der Waals surface area contributed by atoms with E-state index in [1.54, 1.807) is 6.08 Å². The van der Waals surface area contributed by atoms with Crippen LogP contribution in [-0.4, -0.2) is 23.2 Å². The maximum Gasteiger partial charge on any atom is 0.126 e. The molecule has 0 atom stereocenters. The molecule has 2 rings (SSSR count). The number of aliphatic hydroxyl groups is 1. The molecule has 4 heteroatoms. The standard InChI is InChI=1S/C13H13BrN2O/c14-11-5-3-10-4-6-13(16-12(10)9-11)15-7-1-2-8-17/h1-6,9,17H,7-8H2,(H,15,16)/b2-1+. The number of fused-ring (bicyclic) bond motifs is 1. The van der Waals surface area contributed by atoms with Crippen LogP contribution in [0.25, 0.3) is 10.9 Å². The van der Waals surface area contributed by atoms with Gasteiger partial charge in [0.1, 0.15) is 5.82 Å². The first kappa shape index (κ1) is 12.1. The summed E-state index contributed by atoms with van der Waals surface area (Å²) >= 11 is 3.43. The molecule has 0 saturated heterocycles. The maximum absolute atomic E-state index is 8.60. The number of rotatable bonds is 4. The lowest BCUT2D eigenvalue weighted by Crippen LogP contribution is -2.00. The zero-order valence-corrected chi connectivity index (χ0v) is 10.8. The second-order valence-corrected chi connectivity index (χ2v) is 4.48. The highest BCUT2D eigenvalue weighted by Crippen LogP contribution is 2.19. The number of hydrogen-bond donors (Lipinski definition) is 2. The number of aliphatic hydroxyl groups excluding tert-OH is 1. The maximum atomic E-state index is 8.60. The van der Waals surface area contributed by atoms with E-state index in [2.05, 4.69) is 26.2 Å². The van der Waals surface area contributed by atoms with Gasteiger partial charge in [-0.25, -0.2) is 4.98 Å². The number of nitrogens with zero attached hydrogens (tertiary/aromatic N) is 1. The average molecular weight is 293 g/mol. The number of halogens is 1. The van der Waals surface area contributed by atoms with E-state index in [0.29, 0.717) is 6.54 Å². The van der Waals surface area contributed by atoms with Crippen molar-refractivity contribution in [3.8, 4) is 0 Å². The Morgan fingerprint density at radius 3 is 2.88 bits per heavy atom. The van der Waals surface area contributed by atoms with Gasteiger partial charge in [0.15, 0.2) is 0 Å². The quantitative estimate of drug-likeness (QED) is 0.852. The highest BCUT2D eigenvalue weighted by atomic mass is 79.9. The predicted octanol–water partition coefficient (Wildman–Crippen LogP) is 2.96. The molecule has 0 fully saturated rings. The van der Waals surface area contributed by atoms with Gasteiger partial charge in [-0.1, -0.05) is 34.1 Å².